The van der Waals surface area contributed by atoms with Crippen molar-refractivity contribution < 1.29 is 14.3 Å². The Morgan fingerprint density at radius 2 is 1.77 bits per heavy atom. The summed E-state index contributed by atoms with van der Waals surface area (Å²) in [6.45, 7) is 3.49. The number of fused-ring (bicyclic) bond motifs is 1. The first-order valence-corrected chi connectivity index (χ1v) is 10.6. The molecule has 1 aliphatic heterocycles. The largest absolute Gasteiger partial charge is 0.493 e. The molecule has 1 saturated heterocycles. The third-order valence-corrected chi connectivity index (χ3v) is 6.22. The number of likely N-dealkylation sites (tertiary alicyclic amines) is 1. The Balaban J connectivity index is 1.48. The normalized spacial score (nSPS) is 14.6. The maximum atomic E-state index is 12.8. The van der Waals surface area contributed by atoms with Gasteiger partial charge in [-0.15, -0.1) is 0 Å². The van der Waals surface area contributed by atoms with Gasteiger partial charge >= 0.3 is 0 Å². The van der Waals surface area contributed by atoms with Crippen molar-refractivity contribution in [2.24, 2.45) is 0 Å². The van der Waals surface area contributed by atoms with E-state index in [9.17, 15) is 4.79 Å². The van der Waals surface area contributed by atoms with Crippen LogP contribution < -0.4 is 15.2 Å². The van der Waals surface area contributed by atoms with Gasteiger partial charge in [-0.1, -0.05) is 24.3 Å². The van der Waals surface area contributed by atoms with Crippen LogP contribution in [0.1, 0.15) is 35.6 Å². The molecular weight excluding hydrogens is 390 g/mol. The Morgan fingerprint density at radius 3 is 2.45 bits per heavy atom. The van der Waals surface area contributed by atoms with Gasteiger partial charge in [-0.25, -0.2) is 0 Å². The van der Waals surface area contributed by atoms with Crippen molar-refractivity contribution in [3.8, 4) is 11.5 Å². The van der Waals surface area contributed by atoms with Crippen LogP contribution >= 0.6 is 0 Å². The minimum atomic E-state index is 0.184. The quantitative estimate of drug-likeness (QED) is 0.674. The summed E-state index contributed by atoms with van der Waals surface area (Å²) in [6.07, 6.45) is 2.17. The second kappa shape index (κ2) is 8.84. The van der Waals surface area contributed by atoms with Crippen molar-refractivity contribution in [1.82, 2.24) is 9.88 Å². The maximum Gasteiger partial charge on any atom is 0.226 e. The van der Waals surface area contributed by atoms with Crippen LogP contribution in [0.4, 0.5) is 5.69 Å². The Labute approximate surface area is 183 Å². The van der Waals surface area contributed by atoms with Gasteiger partial charge in [-0.2, -0.15) is 0 Å². The second-order valence-electron chi connectivity index (χ2n) is 8.12. The molecule has 0 saturated carbocycles. The number of rotatable bonds is 5. The van der Waals surface area contributed by atoms with Crippen molar-refractivity contribution in [3.05, 3.63) is 59.3 Å². The number of aromatic nitrogens is 1. The Hall–Kier alpha value is -3.28. The second-order valence-corrected chi connectivity index (χ2v) is 8.12. The number of benzene rings is 2. The molecule has 0 bridgehead atoms. The molecule has 3 aromatic rings. The Morgan fingerprint density at radius 1 is 1.10 bits per heavy atom. The molecule has 1 amide bonds. The van der Waals surface area contributed by atoms with Crippen LogP contribution in [0, 0.1) is 6.92 Å². The first-order valence-electron chi connectivity index (χ1n) is 10.6. The summed E-state index contributed by atoms with van der Waals surface area (Å²) in [5.41, 5.74) is 11.1. The highest BCUT2D eigenvalue weighted by molar-refractivity contribution is 5.86. The molecule has 2 N–H and O–H groups in total. The number of hydrogen-bond donors (Lipinski definition) is 1. The van der Waals surface area contributed by atoms with Gasteiger partial charge in [0.1, 0.15) is 0 Å². The van der Waals surface area contributed by atoms with E-state index in [1.807, 2.05) is 54.3 Å². The van der Waals surface area contributed by atoms with Crippen LogP contribution in [0.5, 0.6) is 11.5 Å². The lowest BCUT2D eigenvalue weighted by Crippen LogP contribution is -2.39. The van der Waals surface area contributed by atoms with Crippen molar-refractivity contribution in [2.45, 2.75) is 32.1 Å². The van der Waals surface area contributed by atoms with Gasteiger partial charge in [-0.05, 0) is 43.0 Å². The average Bonchev–Trinajstić information content (AvgIpc) is 2.79. The Bertz CT molecular complexity index is 1100. The molecule has 1 fully saturated rings. The van der Waals surface area contributed by atoms with Gasteiger partial charge in [0.25, 0.3) is 0 Å². The fraction of sp³-hybridized carbons (Fsp3) is 0.360. The molecule has 1 aromatic heterocycles. The van der Waals surface area contributed by atoms with E-state index in [0.717, 1.165) is 53.7 Å². The summed E-state index contributed by atoms with van der Waals surface area (Å²) in [7, 11) is 3.23. The summed E-state index contributed by atoms with van der Waals surface area (Å²) in [5, 5.41) is 0.921. The van der Waals surface area contributed by atoms with Crippen molar-refractivity contribution >= 4 is 22.5 Å². The van der Waals surface area contributed by atoms with Crippen LogP contribution in [0.2, 0.25) is 0 Å². The van der Waals surface area contributed by atoms with E-state index in [2.05, 4.69) is 0 Å². The minimum absolute atomic E-state index is 0.184. The van der Waals surface area contributed by atoms with Crippen LogP contribution in [0.25, 0.3) is 10.9 Å². The monoisotopic (exact) mass is 419 g/mol. The lowest BCUT2D eigenvalue weighted by molar-refractivity contribution is -0.131. The number of carbonyl (C=O) groups excluding carboxylic acids is 1. The van der Waals surface area contributed by atoms with Crippen LogP contribution in [-0.4, -0.2) is 43.1 Å². The van der Waals surface area contributed by atoms with Gasteiger partial charge in [-0.3, -0.25) is 9.78 Å². The number of nitrogens with two attached hydrogens (primary N) is 1. The van der Waals surface area contributed by atoms with Gasteiger partial charge in [0, 0.05) is 30.5 Å². The summed E-state index contributed by atoms with van der Waals surface area (Å²) in [6, 6.07) is 13.8. The van der Waals surface area contributed by atoms with Crippen LogP contribution in [0.3, 0.4) is 0 Å². The fourth-order valence-corrected chi connectivity index (χ4v) is 4.34. The van der Waals surface area contributed by atoms with Gasteiger partial charge < -0.3 is 20.1 Å². The standard InChI is InChI=1S/C25H29N3O3/c1-16-6-4-5-7-18(16)14-24(29)28-10-8-17(9-11-28)25-20(26)12-19-13-22(30-2)23(31-3)15-21(19)27-25/h4-7,12-13,15,17H,8-11,14,26H2,1-3H3. The SMILES string of the molecule is COc1cc2cc(N)c(C3CCN(C(=O)Cc4ccccc4C)CC3)nc2cc1OC. The first kappa shape index (κ1) is 21.0. The third kappa shape index (κ3) is 4.29. The number of carbonyl (C=O) groups is 1. The van der Waals surface area contributed by atoms with Gasteiger partial charge in [0.2, 0.25) is 5.91 Å². The number of aryl methyl sites for hydroxylation is 1. The van der Waals surface area contributed by atoms with Crippen LogP contribution in [-0.2, 0) is 11.2 Å². The number of ether oxygens (including phenoxy) is 2. The van der Waals surface area contributed by atoms with E-state index >= 15 is 0 Å². The molecule has 0 unspecified atom stereocenters. The number of nitrogen functional groups attached to an aromatic ring is 1. The summed E-state index contributed by atoms with van der Waals surface area (Å²) < 4.78 is 10.8. The maximum absolute atomic E-state index is 12.8. The molecule has 6 nitrogen and oxygen atoms in total. The molecule has 0 radical (unpaired) electrons. The number of methoxy groups -OCH3 is 2. The highest BCUT2D eigenvalue weighted by Crippen LogP contribution is 2.36. The molecule has 1 aliphatic rings. The van der Waals surface area contributed by atoms with Crippen LogP contribution in [0.15, 0.2) is 42.5 Å². The zero-order valence-corrected chi connectivity index (χ0v) is 18.4. The number of amides is 1. The third-order valence-electron chi connectivity index (χ3n) is 6.22. The molecule has 2 aromatic carbocycles. The number of pyridine rings is 1. The summed E-state index contributed by atoms with van der Waals surface area (Å²) in [4.78, 5) is 19.6. The smallest absolute Gasteiger partial charge is 0.226 e. The van der Waals surface area contributed by atoms with Gasteiger partial charge in [0.15, 0.2) is 11.5 Å². The van der Waals surface area contributed by atoms with Crippen molar-refractivity contribution in [2.75, 3.05) is 33.0 Å². The molecule has 6 heteroatoms. The molecule has 0 aliphatic carbocycles. The molecule has 31 heavy (non-hydrogen) atoms. The molecule has 0 atom stereocenters. The summed E-state index contributed by atoms with van der Waals surface area (Å²) >= 11 is 0. The molecule has 4 rings (SSSR count). The van der Waals surface area contributed by atoms with E-state index in [4.69, 9.17) is 20.2 Å². The first-order chi connectivity index (χ1) is 15.0. The zero-order valence-electron chi connectivity index (χ0n) is 18.4. The predicted octanol–water partition coefficient (Wildman–Crippen LogP) is 4.09. The lowest BCUT2D eigenvalue weighted by atomic mass is 9.91. The molecule has 2 heterocycles. The van der Waals surface area contributed by atoms with E-state index in [-0.39, 0.29) is 11.8 Å². The average molecular weight is 420 g/mol. The van der Waals surface area contributed by atoms with E-state index in [1.54, 1.807) is 14.2 Å². The van der Waals surface area contributed by atoms with E-state index < -0.39 is 0 Å². The Kier molecular flexibility index (Phi) is 5.98. The number of anilines is 1. The minimum Gasteiger partial charge on any atom is -0.493 e. The molecule has 0 spiro atoms. The molecule has 162 valence electrons. The van der Waals surface area contributed by atoms with E-state index in [0.29, 0.717) is 23.6 Å². The van der Waals surface area contributed by atoms with Crippen molar-refractivity contribution in [3.63, 3.8) is 0 Å². The highest BCUT2D eigenvalue weighted by Gasteiger charge is 2.26. The number of nitrogens with zero attached hydrogens (tertiary/aromatic N) is 2. The molecular formula is C25H29N3O3. The predicted molar refractivity (Wildman–Crippen MR) is 123 cm³/mol. The zero-order chi connectivity index (χ0) is 22.0. The topological polar surface area (TPSA) is 77.7 Å². The summed E-state index contributed by atoms with van der Waals surface area (Å²) in [5.74, 6) is 1.73. The highest BCUT2D eigenvalue weighted by atomic mass is 16.5. The number of piperidine rings is 1. The lowest BCUT2D eigenvalue weighted by Gasteiger charge is -2.32. The van der Waals surface area contributed by atoms with E-state index in [1.165, 1.54) is 0 Å². The fourth-order valence-electron chi connectivity index (χ4n) is 4.34. The number of hydrogen-bond acceptors (Lipinski definition) is 5. The van der Waals surface area contributed by atoms with Crippen molar-refractivity contribution in [1.29, 1.82) is 0 Å². The van der Waals surface area contributed by atoms with Gasteiger partial charge in [0.05, 0.1) is 37.5 Å².